The minimum atomic E-state index is 0.0398. The zero-order valence-corrected chi connectivity index (χ0v) is 12.0. The van der Waals surface area contributed by atoms with Crippen molar-refractivity contribution in [2.45, 2.75) is 37.9 Å². The first-order chi connectivity index (χ1) is 9.92. The molecule has 110 valence electrons. The SMILES string of the molecule is c1ccc([C@H]2CCN(CCO[C@@H]3CCCCO3)C2)nc1. The van der Waals surface area contributed by atoms with E-state index in [0.717, 1.165) is 39.3 Å². The van der Waals surface area contributed by atoms with E-state index >= 15 is 0 Å². The largest absolute Gasteiger partial charge is 0.353 e. The van der Waals surface area contributed by atoms with Crippen molar-refractivity contribution in [2.24, 2.45) is 0 Å². The summed E-state index contributed by atoms with van der Waals surface area (Å²) in [6.45, 7) is 4.89. The van der Waals surface area contributed by atoms with Crippen LogP contribution in [0.2, 0.25) is 0 Å². The number of aromatic nitrogens is 1. The van der Waals surface area contributed by atoms with E-state index in [2.05, 4.69) is 22.0 Å². The highest BCUT2D eigenvalue weighted by atomic mass is 16.7. The molecule has 1 aromatic rings. The van der Waals surface area contributed by atoms with Crippen molar-refractivity contribution in [2.75, 3.05) is 32.8 Å². The van der Waals surface area contributed by atoms with E-state index in [1.165, 1.54) is 25.0 Å². The quantitative estimate of drug-likeness (QED) is 0.827. The Bertz CT molecular complexity index is 393. The van der Waals surface area contributed by atoms with E-state index in [4.69, 9.17) is 9.47 Å². The van der Waals surface area contributed by atoms with E-state index in [1.54, 1.807) is 0 Å². The molecule has 2 fully saturated rings. The molecule has 2 atom stereocenters. The predicted octanol–water partition coefficient (Wildman–Crippen LogP) is 2.41. The number of likely N-dealkylation sites (tertiary alicyclic amines) is 1. The summed E-state index contributed by atoms with van der Waals surface area (Å²) in [5, 5.41) is 0. The van der Waals surface area contributed by atoms with Gasteiger partial charge in [0.05, 0.1) is 6.61 Å². The van der Waals surface area contributed by atoms with Gasteiger partial charge in [0.15, 0.2) is 6.29 Å². The van der Waals surface area contributed by atoms with Gasteiger partial charge >= 0.3 is 0 Å². The minimum absolute atomic E-state index is 0.0398. The predicted molar refractivity (Wildman–Crippen MR) is 77.6 cm³/mol. The Morgan fingerprint density at radius 2 is 2.30 bits per heavy atom. The smallest absolute Gasteiger partial charge is 0.157 e. The maximum atomic E-state index is 5.81. The number of pyridine rings is 1. The molecule has 2 aliphatic heterocycles. The zero-order chi connectivity index (χ0) is 13.6. The van der Waals surface area contributed by atoms with Gasteiger partial charge in [-0.3, -0.25) is 4.98 Å². The molecule has 0 aromatic carbocycles. The van der Waals surface area contributed by atoms with Crippen LogP contribution in [0.5, 0.6) is 0 Å². The van der Waals surface area contributed by atoms with Crippen molar-refractivity contribution in [1.82, 2.24) is 9.88 Å². The maximum Gasteiger partial charge on any atom is 0.157 e. The van der Waals surface area contributed by atoms with Crippen LogP contribution in [0.1, 0.15) is 37.3 Å². The summed E-state index contributed by atoms with van der Waals surface area (Å²) in [6.07, 6.45) is 6.60. The van der Waals surface area contributed by atoms with Crippen LogP contribution in [0.15, 0.2) is 24.4 Å². The van der Waals surface area contributed by atoms with Gasteiger partial charge in [-0.05, 0) is 44.4 Å². The van der Waals surface area contributed by atoms with Crippen molar-refractivity contribution in [3.63, 3.8) is 0 Å². The molecule has 0 aliphatic carbocycles. The van der Waals surface area contributed by atoms with Crippen LogP contribution >= 0.6 is 0 Å². The highest BCUT2D eigenvalue weighted by molar-refractivity contribution is 5.11. The second kappa shape index (κ2) is 7.16. The Balaban J connectivity index is 1.37. The first-order valence-electron chi connectivity index (χ1n) is 7.78. The standard InChI is InChI=1S/C16H24N2O2/c1-3-8-17-15(5-1)14-7-9-18(13-14)10-12-20-16-6-2-4-11-19-16/h1,3,5,8,14,16H,2,4,6-7,9-13H2/t14-,16+/m0/s1. The lowest BCUT2D eigenvalue weighted by Crippen LogP contribution is -2.29. The van der Waals surface area contributed by atoms with Crippen molar-refractivity contribution in [3.8, 4) is 0 Å². The summed E-state index contributed by atoms with van der Waals surface area (Å²) in [7, 11) is 0. The van der Waals surface area contributed by atoms with Crippen molar-refractivity contribution < 1.29 is 9.47 Å². The van der Waals surface area contributed by atoms with Crippen LogP contribution in [0.3, 0.4) is 0 Å². The molecule has 4 heteroatoms. The summed E-state index contributed by atoms with van der Waals surface area (Å²) in [5.74, 6) is 0.585. The Morgan fingerprint density at radius 1 is 1.30 bits per heavy atom. The lowest BCUT2D eigenvalue weighted by Gasteiger charge is -2.24. The topological polar surface area (TPSA) is 34.6 Å². The summed E-state index contributed by atoms with van der Waals surface area (Å²) in [6, 6.07) is 6.20. The Morgan fingerprint density at radius 3 is 3.10 bits per heavy atom. The van der Waals surface area contributed by atoms with E-state index in [0.29, 0.717) is 5.92 Å². The normalized spacial score (nSPS) is 27.8. The summed E-state index contributed by atoms with van der Waals surface area (Å²) < 4.78 is 11.4. The van der Waals surface area contributed by atoms with Crippen LogP contribution in [0, 0.1) is 0 Å². The Labute approximate surface area is 121 Å². The highest BCUT2D eigenvalue weighted by Gasteiger charge is 2.24. The second-order valence-electron chi connectivity index (χ2n) is 5.71. The van der Waals surface area contributed by atoms with Crippen molar-refractivity contribution in [1.29, 1.82) is 0 Å². The van der Waals surface area contributed by atoms with Gasteiger partial charge in [-0.2, -0.15) is 0 Å². The summed E-state index contributed by atoms with van der Waals surface area (Å²) in [5.41, 5.74) is 1.23. The molecule has 0 spiro atoms. The first kappa shape index (κ1) is 14.0. The Hall–Kier alpha value is -0.970. The van der Waals surface area contributed by atoms with Gasteiger partial charge in [0.1, 0.15) is 0 Å². The molecule has 1 aromatic heterocycles. The van der Waals surface area contributed by atoms with Gasteiger partial charge in [0.25, 0.3) is 0 Å². The van der Waals surface area contributed by atoms with Crippen LogP contribution in [-0.4, -0.2) is 49.0 Å². The first-order valence-corrected chi connectivity index (χ1v) is 7.78. The second-order valence-corrected chi connectivity index (χ2v) is 5.71. The van der Waals surface area contributed by atoms with Crippen LogP contribution in [-0.2, 0) is 9.47 Å². The molecule has 0 bridgehead atoms. The fraction of sp³-hybridized carbons (Fsp3) is 0.688. The third-order valence-corrected chi connectivity index (χ3v) is 4.23. The maximum absolute atomic E-state index is 5.81. The molecule has 0 unspecified atom stereocenters. The van der Waals surface area contributed by atoms with Crippen molar-refractivity contribution in [3.05, 3.63) is 30.1 Å². The van der Waals surface area contributed by atoms with Gasteiger partial charge < -0.3 is 14.4 Å². The summed E-state index contributed by atoms with van der Waals surface area (Å²) >= 11 is 0. The molecule has 2 aliphatic rings. The molecule has 0 amide bonds. The molecule has 0 saturated carbocycles. The number of ether oxygens (including phenoxy) is 2. The van der Waals surface area contributed by atoms with Gasteiger partial charge in [-0.25, -0.2) is 0 Å². The third kappa shape index (κ3) is 3.78. The molecule has 4 nitrogen and oxygen atoms in total. The van der Waals surface area contributed by atoms with Crippen LogP contribution in [0.4, 0.5) is 0 Å². The zero-order valence-electron chi connectivity index (χ0n) is 12.0. The lowest BCUT2D eigenvalue weighted by atomic mass is 10.0. The Kier molecular flexibility index (Phi) is 5.01. The molecule has 0 N–H and O–H groups in total. The minimum Gasteiger partial charge on any atom is -0.353 e. The summed E-state index contributed by atoms with van der Waals surface area (Å²) in [4.78, 5) is 6.95. The average molecular weight is 276 g/mol. The number of hydrogen-bond donors (Lipinski definition) is 0. The monoisotopic (exact) mass is 276 g/mol. The molecular formula is C16H24N2O2. The molecule has 3 rings (SSSR count). The van der Waals surface area contributed by atoms with Gasteiger partial charge in [-0.1, -0.05) is 6.07 Å². The van der Waals surface area contributed by atoms with E-state index < -0.39 is 0 Å². The lowest BCUT2D eigenvalue weighted by molar-refractivity contribution is -0.163. The van der Waals surface area contributed by atoms with E-state index in [1.807, 2.05) is 12.3 Å². The van der Waals surface area contributed by atoms with Gasteiger partial charge in [0, 0.05) is 37.5 Å². The molecule has 2 saturated heterocycles. The average Bonchev–Trinajstić information content (AvgIpc) is 2.98. The number of hydrogen-bond acceptors (Lipinski definition) is 4. The van der Waals surface area contributed by atoms with E-state index in [-0.39, 0.29) is 6.29 Å². The molecule has 3 heterocycles. The highest BCUT2D eigenvalue weighted by Crippen LogP contribution is 2.25. The third-order valence-electron chi connectivity index (χ3n) is 4.23. The molecule has 20 heavy (non-hydrogen) atoms. The fourth-order valence-corrected chi connectivity index (χ4v) is 3.05. The number of rotatable bonds is 5. The fourth-order valence-electron chi connectivity index (χ4n) is 3.05. The van der Waals surface area contributed by atoms with Gasteiger partial charge in [-0.15, -0.1) is 0 Å². The van der Waals surface area contributed by atoms with E-state index in [9.17, 15) is 0 Å². The molecular weight excluding hydrogens is 252 g/mol. The molecule has 0 radical (unpaired) electrons. The van der Waals surface area contributed by atoms with Crippen molar-refractivity contribution >= 4 is 0 Å². The number of nitrogens with zero attached hydrogens (tertiary/aromatic N) is 2. The van der Waals surface area contributed by atoms with Crippen LogP contribution < -0.4 is 0 Å². The van der Waals surface area contributed by atoms with Gasteiger partial charge in [0.2, 0.25) is 0 Å². The van der Waals surface area contributed by atoms with Crippen LogP contribution in [0.25, 0.3) is 0 Å².